The standard InChI is InChI=1S/C23H30N4O2/c1-17(20-8-4-6-18-5-2-3-7-21(18)20)24-22(28)15-26-11-13-27(14-12-26)16-23(29)25-19-9-10-19/h2-8,17,19H,9-16H2,1H3,(H,24,28)(H,25,29). The highest BCUT2D eigenvalue weighted by molar-refractivity contribution is 5.87. The van der Waals surface area contributed by atoms with Gasteiger partial charge >= 0.3 is 0 Å². The topological polar surface area (TPSA) is 64.7 Å². The van der Waals surface area contributed by atoms with Gasteiger partial charge in [0.15, 0.2) is 0 Å². The zero-order valence-corrected chi connectivity index (χ0v) is 17.1. The number of nitrogens with zero attached hydrogens (tertiary/aromatic N) is 2. The smallest absolute Gasteiger partial charge is 0.234 e. The van der Waals surface area contributed by atoms with E-state index < -0.39 is 0 Å². The van der Waals surface area contributed by atoms with Gasteiger partial charge < -0.3 is 10.6 Å². The van der Waals surface area contributed by atoms with Gasteiger partial charge in [-0.1, -0.05) is 42.5 Å². The molecule has 1 saturated heterocycles. The summed E-state index contributed by atoms with van der Waals surface area (Å²) in [5, 5.41) is 8.55. The van der Waals surface area contributed by atoms with E-state index in [2.05, 4.69) is 44.7 Å². The molecule has 6 nitrogen and oxygen atoms in total. The first-order valence-electron chi connectivity index (χ1n) is 10.6. The van der Waals surface area contributed by atoms with Crippen molar-refractivity contribution in [3.05, 3.63) is 48.0 Å². The molecule has 2 fully saturated rings. The largest absolute Gasteiger partial charge is 0.352 e. The number of benzene rings is 2. The van der Waals surface area contributed by atoms with Crippen LogP contribution in [0.2, 0.25) is 0 Å². The van der Waals surface area contributed by atoms with E-state index in [-0.39, 0.29) is 17.9 Å². The molecule has 0 spiro atoms. The van der Waals surface area contributed by atoms with Crippen molar-refractivity contribution in [2.45, 2.75) is 31.8 Å². The van der Waals surface area contributed by atoms with Crippen LogP contribution in [0.5, 0.6) is 0 Å². The van der Waals surface area contributed by atoms with Crippen molar-refractivity contribution < 1.29 is 9.59 Å². The Morgan fingerprint density at radius 1 is 0.931 bits per heavy atom. The van der Waals surface area contributed by atoms with E-state index in [4.69, 9.17) is 0 Å². The lowest BCUT2D eigenvalue weighted by Gasteiger charge is -2.34. The fraction of sp³-hybridized carbons (Fsp3) is 0.478. The third kappa shape index (κ3) is 5.34. The molecule has 29 heavy (non-hydrogen) atoms. The van der Waals surface area contributed by atoms with Gasteiger partial charge in [-0.15, -0.1) is 0 Å². The fourth-order valence-electron chi connectivity index (χ4n) is 4.01. The molecule has 1 aliphatic heterocycles. The van der Waals surface area contributed by atoms with Crippen LogP contribution in [-0.4, -0.2) is 66.9 Å². The number of carbonyl (C=O) groups is 2. The Morgan fingerprint density at radius 2 is 1.55 bits per heavy atom. The summed E-state index contributed by atoms with van der Waals surface area (Å²) in [6.07, 6.45) is 2.23. The number of hydrogen-bond acceptors (Lipinski definition) is 4. The van der Waals surface area contributed by atoms with E-state index in [0.29, 0.717) is 19.1 Å². The van der Waals surface area contributed by atoms with Crippen LogP contribution in [0.15, 0.2) is 42.5 Å². The van der Waals surface area contributed by atoms with Gasteiger partial charge in [-0.05, 0) is 36.1 Å². The van der Waals surface area contributed by atoms with Crippen LogP contribution in [0, 0.1) is 0 Å². The molecule has 0 radical (unpaired) electrons. The molecule has 1 heterocycles. The maximum absolute atomic E-state index is 12.6. The minimum Gasteiger partial charge on any atom is -0.352 e. The van der Waals surface area contributed by atoms with E-state index in [9.17, 15) is 9.59 Å². The van der Waals surface area contributed by atoms with Crippen LogP contribution in [-0.2, 0) is 9.59 Å². The van der Waals surface area contributed by atoms with E-state index in [1.165, 1.54) is 10.8 Å². The molecule has 1 unspecified atom stereocenters. The van der Waals surface area contributed by atoms with E-state index in [1.54, 1.807) is 0 Å². The molecule has 2 aromatic carbocycles. The molecule has 2 aliphatic rings. The summed E-state index contributed by atoms with van der Waals surface area (Å²) in [6, 6.07) is 14.9. The minimum absolute atomic E-state index is 0.0407. The Morgan fingerprint density at radius 3 is 2.24 bits per heavy atom. The Kier molecular flexibility index (Phi) is 6.11. The Hall–Kier alpha value is -2.44. The molecule has 2 N–H and O–H groups in total. The summed E-state index contributed by atoms with van der Waals surface area (Å²) < 4.78 is 0. The van der Waals surface area contributed by atoms with Gasteiger partial charge in [-0.2, -0.15) is 0 Å². The molecule has 1 saturated carbocycles. The lowest BCUT2D eigenvalue weighted by Crippen LogP contribution is -2.51. The number of nitrogens with one attached hydrogen (secondary N) is 2. The molecule has 6 heteroatoms. The summed E-state index contributed by atoms with van der Waals surface area (Å²) in [6.45, 7) is 6.18. The molecular formula is C23H30N4O2. The minimum atomic E-state index is -0.0407. The SMILES string of the molecule is CC(NC(=O)CN1CCN(CC(=O)NC2CC2)CC1)c1cccc2ccccc12. The number of rotatable bonds is 7. The molecule has 0 aromatic heterocycles. The Labute approximate surface area is 172 Å². The molecule has 2 aromatic rings. The first-order chi connectivity index (χ1) is 14.1. The number of amides is 2. The third-order valence-corrected chi connectivity index (χ3v) is 5.81. The number of hydrogen-bond donors (Lipinski definition) is 2. The van der Waals surface area contributed by atoms with Crippen LogP contribution in [0.1, 0.15) is 31.4 Å². The van der Waals surface area contributed by atoms with Crippen LogP contribution >= 0.6 is 0 Å². The highest BCUT2D eigenvalue weighted by Crippen LogP contribution is 2.24. The van der Waals surface area contributed by atoms with Crippen LogP contribution in [0.25, 0.3) is 10.8 Å². The summed E-state index contributed by atoms with van der Waals surface area (Å²) in [5.74, 6) is 0.174. The van der Waals surface area contributed by atoms with Gasteiger partial charge in [0.2, 0.25) is 11.8 Å². The van der Waals surface area contributed by atoms with Crippen LogP contribution in [0.3, 0.4) is 0 Å². The van der Waals surface area contributed by atoms with Crippen molar-refractivity contribution in [1.29, 1.82) is 0 Å². The summed E-state index contributed by atoms with van der Waals surface area (Å²) >= 11 is 0. The van der Waals surface area contributed by atoms with Crippen molar-refractivity contribution in [3.8, 4) is 0 Å². The van der Waals surface area contributed by atoms with Crippen LogP contribution < -0.4 is 10.6 Å². The zero-order valence-electron chi connectivity index (χ0n) is 17.1. The van der Waals surface area contributed by atoms with E-state index in [1.807, 2.05) is 25.1 Å². The number of fused-ring (bicyclic) bond motifs is 1. The van der Waals surface area contributed by atoms with Gasteiger partial charge in [0.05, 0.1) is 19.1 Å². The van der Waals surface area contributed by atoms with Gasteiger partial charge in [0.1, 0.15) is 0 Å². The van der Waals surface area contributed by atoms with Gasteiger partial charge in [0, 0.05) is 32.2 Å². The third-order valence-electron chi connectivity index (χ3n) is 5.81. The molecule has 1 aliphatic carbocycles. The lowest BCUT2D eigenvalue weighted by molar-refractivity contribution is -0.125. The summed E-state index contributed by atoms with van der Waals surface area (Å²) in [7, 11) is 0. The van der Waals surface area contributed by atoms with Crippen molar-refractivity contribution >= 4 is 22.6 Å². The normalized spacial score (nSPS) is 19.1. The molecule has 1 atom stereocenters. The summed E-state index contributed by atoms with van der Waals surface area (Å²) in [4.78, 5) is 28.9. The van der Waals surface area contributed by atoms with Crippen molar-refractivity contribution in [3.63, 3.8) is 0 Å². The first kappa shape index (κ1) is 19.9. The van der Waals surface area contributed by atoms with Crippen LogP contribution in [0.4, 0.5) is 0 Å². The predicted octanol–water partition coefficient (Wildman–Crippen LogP) is 1.91. The zero-order chi connectivity index (χ0) is 20.2. The van der Waals surface area contributed by atoms with Crippen molar-refractivity contribution in [1.82, 2.24) is 20.4 Å². The molecule has 0 bridgehead atoms. The monoisotopic (exact) mass is 394 g/mol. The maximum atomic E-state index is 12.6. The lowest BCUT2D eigenvalue weighted by atomic mass is 10.00. The highest BCUT2D eigenvalue weighted by atomic mass is 16.2. The van der Waals surface area contributed by atoms with E-state index >= 15 is 0 Å². The fourth-order valence-corrected chi connectivity index (χ4v) is 4.01. The quantitative estimate of drug-likeness (QED) is 0.753. The first-order valence-corrected chi connectivity index (χ1v) is 10.6. The second kappa shape index (κ2) is 8.93. The van der Waals surface area contributed by atoms with E-state index in [0.717, 1.165) is 44.6 Å². The second-order valence-corrected chi connectivity index (χ2v) is 8.25. The van der Waals surface area contributed by atoms with Gasteiger partial charge in [-0.25, -0.2) is 0 Å². The molecular weight excluding hydrogens is 364 g/mol. The second-order valence-electron chi connectivity index (χ2n) is 8.25. The summed E-state index contributed by atoms with van der Waals surface area (Å²) in [5.41, 5.74) is 1.14. The Bertz CT molecular complexity index is 867. The molecule has 2 amide bonds. The van der Waals surface area contributed by atoms with Gasteiger partial charge in [0.25, 0.3) is 0 Å². The molecule has 4 rings (SSSR count). The average molecular weight is 395 g/mol. The number of piperazine rings is 1. The predicted molar refractivity (Wildman–Crippen MR) is 115 cm³/mol. The maximum Gasteiger partial charge on any atom is 0.234 e. The highest BCUT2D eigenvalue weighted by Gasteiger charge is 2.25. The average Bonchev–Trinajstić information content (AvgIpc) is 3.52. The molecule has 154 valence electrons. The van der Waals surface area contributed by atoms with Crippen molar-refractivity contribution in [2.24, 2.45) is 0 Å². The Balaban J connectivity index is 1.24. The van der Waals surface area contributed by atoms with Crippen molar-refractivity contribution in [2.75, 3.05) is 39.3 Å². The van der Waals surface area contributed by atoms with Gasteiger partial charge in [-0.3, -0.25) is 19.4 Å². The number of carbonyl (C=O) groups excluding carboxylic acids is 2.